The van der Waals surface area contributed by atoms with Crippen molar-refractivity contribution >= 4 is 34.9 Å². The summed E-state index contributed by atoms with van der Waals surface area (Å²) in [6.45, 7) is 9.13. The quantitative estimate of drug-likeness (QED) is 0.543. The zero-order valence-corrected chi connectivity index (χ0v) is 20.0. The first kappa shape index (κ1) is 22.4. The Morgan fingerprint density at radius 1 is 1.06 bits per heavy atom. The van der Waals surface area contributed by atoms with Crippen LogP contribution in [0.1, 0.15) is 41.0 Å². The van der Waals surface area contributed by atoms with Gasteiger partial charge in [-0.3, -0.25) is 9.69 Å². The van der Waals surface area contributed by atoms with Crippen molar-refractivity contribution < 1.29 is 9.53 Å². The maximum Gasteiger partial charge on any atom is 0.308 e. The second-order valence-electron chi connectivity index (χ2n) is 8.89. The van der Waals surface area contributed by atoms with E-state index in [1.54, 1.807) is 0 Å². The number of carbonyl (C=O) groups is 1. The van der Waals surface area contributed by atoms with E-state index in [9.17, 15) is 4.79 Å². The van der Waals surface area contributed by atoms with Crippen LogP contribution in [0.2, 0.25) is 10.0 Å². The summed E-state index contributed by atoms with van der Waals surface area (Å²) in [5.41, 5.74) is 6.46. The van der Waals surface area contributed by atoms with Gasteiger partial charge in [-0.2, -0.15) is 0 Å². The first-order valence-corrected chi connectivity index (χ1v) is 11.7. The molecule has 31 heavy (non-hydrogen) atoms. The van der Waals surface area contributed by atoms with Gasteiger partial charge < -0.3 is 9.64 Å². The monoisotopic (exact) mass is 460 g/mol. The highest BCUT2D eigenvalue weighted by atomic mass is 35.5. The van der Waals surface area contributed by atoms with Crippen LogP contribution in [-0.2, 0) is 16.1 Å². The van der Waals surface area contributed by atoms with E-state index in [0.29, 0.717) is 16.0 Å². The Bertz CT molecular complexity index is 921. The van der Waals surface area contributed by atoms with Crippen molar-refractivity contribution in [1.29, 1.82) is 0 Å². The molecule has 2 aromatic carbocycles. The predicted molar refractivity (Wildman–Crippen MR) is 127 cm³/mol. The molecule has 0 saturated carbocycles. The second-order valence-corrected chi connectivity index (χ2v) is 9.70. The highest BCUT2D eigenvalue weighted by molar-refractivity contribution is 6.39. The highest BCUT2D eigenvalue weighted by Crippen LogP contribution is 2.41. The average molecular weight is 461 g/mol. The summed E-state index contributed by atoms with van der Waals surface area (Å²) < 4.78 is 4.90. The summed E-state index contributed by atoms with van der Waals surface area (Å²) >= 11 is 12.8. The third kappa shape index (κ3) is 4.72. The zero-order chi connectivity index (χ0) is 22.1. The highest BCUT2D eigenvalue weighted by Gasteiger charge is 2.33. The normalized spacial score (nSPS) is 18.2. The lowest BCUT2D eigenvalue weighted by molar-refractivity contribution is -0.147. The maximum absolute atomic E-state index is 11.7. The number of piperidine rings is 1. The van der Waals surface area contributed by atoms with Crippen molar-refractivity contribution in [2.45, 2.75) is 39.2 Å². The predicted octanol–water partition coefficient (Wildman–Crippen LogP) is 5.60. The molecule has 166 valence electrons. The fraction of sp³-hybridized carbons (Fsp3) is 0.480. The van der Waals surface area contributed by atoms with Crippen molar-refractivity contribution in [3.05, 3.63) is 62.6 Å². The van der Waals surface area contributed by atoms with Gasteiger partial charge >= 0.3 is 5.97 Å². The lowest BCUT2D eigenvalue weighted by atomic mass is 9.84. The van der Waals surface area contributed by atoms with E-state index < -0.39 is 0 Å². The molecule has 6 heteroatoms. The Kier molecular flexibility index (Phi) is 6.80. The van der Waals surface area contributed by atoms with Crippen LogP contribution in [-0.4, -0.2) is 44.2 Å². The number of rotatable bonds is 5. The topological polar surface area (TPSA) is 32.8 Å². The Morgan fingerprint density at radius 3 is 2.19 bits per heavy atom. The molecular weight excluding hydrogens is 431 g/mol. The van der Waals surface area contributed by atoms with Crippen LogP contribution in [0.3, 0.4) is 0 Å². The minimum absolute atomic E-state index is 0.0558. The Labute approximate surface area is 195 Å². The Hall–Kier alpha value is -1.75. The number of halogens is 2. The average Bonchev–Trinajstić information content (AvgIpc) is 2.70. The standard InChI is InChI=1S/C25H30Cl2N2O2/c1-16-11-18(13-28-9-7-19(8-10-28)25(30)31-3)12-17(2)23(16)20-14-29(15-20)24-21(26)5-4-6-22(24)27/h4-6,11-12,19-20H,7-10,13-15H2,1-3H3. The van der Waals surface area contributed by atoms with Gasteiger partial charge in [0.1, 0.15) is 0 Å². The van der Waals surface area contributed by atoms with E-state index >= 15 is 0 Å². The fourth-order valence-electron chi connectivity index (χ4n) is 5.19. The van der Waals surface area contributed by atoms with Gasteiger partial charge in [0, 0.05) is 25.6 Å². The number of para-hydroxylation sites is 1. The number of nitrogens with zero attached hydrogens (tertiary/aromatic N) is 2. The molecule has 2 aliphatic heterocycles. The van der Waals surface area contributed by atoms with E-state index in [1.165, 1.54) is 29.4 Å². The van der Waals surface area contributed by atoms with Crippen LogP contribution in [0.4, 0.5) is 5.69 Å². The molecule has 2 aliphatic rings. The molecule has 4 nitrogen and oxygen atoms in total. The van der Waals surface area contributed by atoms with Gasteiger partial charge in [-0.25, -0.2) is 0 Å². The van der Waals surface area contributed by atoms with Gasteiger partial charge in [-0.1, -0.05) is 41.4 Å². The lowest BCUT2D eigenvalue weighted by Gasteiger charge is -2.43. The Morgan fingerprint density at radius 2 is 1.65 bits per heavy atom. The second kappa shape index (κ2) is 9.40. The summed E-state index contributed by atoms with van der Waals surface area (Å²) in [6, 6.07) is 10.3. The van der Waals surface area contributed by atoms with Crippen molar-refractivity contribution in [1.82, 2.24) is 4.90 Å². The largest absolute Gasteiger partial charge is 0.469 e. The zero-order valence-electron chi connectivity index (χ0n) is 18.5. The summed E-state index contributed by atoms with van der Waals surface area (Å²) in [7, 11) is 1.48. The smallest absolute Gasteiger partial charge is 0.308 e. The number of hydrogen-bond acceptors (Lipinski definition) is 4. The number of methoxy groups -OCH3 is 1. The van der Waals surface area contributed by atoms with Crippen molar-refractivity contribution in [2.24, 2.45) is 5.92 Å². The van der Waals surface area contributed by atoms with E-state index in [1.807, 2.05) is 18.2 Å². The van der Waals surface area contributed by atoms with Crippen LogP contribution in [0.15, 0.2) is 30.3 Å². The summed E-state index contributed by atoms with van der Waals surface area (Å²) in [5.74, 6) is 0.487. The SMILES string of the molecule is COC(=O)C1CCN(Cc2cc(C)c(C3CN(c4c(Cl)cccc4Cl)C3)c(C)c2)CC1. The van der Waals surface area contributed by atoms with Gasteiger partial charge in [0.2, 0.25) is 0 Å². The minimum Gasteiger partial charge on any atom is -0.469 e. The molecular formula is C25H30Cl2N2O2. The van der Waals surface area contributed by atoms with Gasteiger partial charge in [0.05, 0.1) is 28.8 Å². The van der Waals surface area contributed by atoms with Crippen LogP contribution < -0.4 is 4.90 Å². The van der Waals surface area contributed by atoms with Gasteiger partial charge in [-0.05, 0) is 74.2 Å². The van der Waals surface area contributed by atoms with Gasteiger partial charge in [0.15, 0.2) is 0 Å². The molecule has 0 atom stereocenters. The van der Waals surface area contributed by atoms with Crippen molar-refractivity contribution in [3.8, 4) is 0 Å². The third-order valence-electron chi connectivity index (χ3n) is 6.73. The van der Waals surface area contributed by atoms with Crippen LogP contribution in [0, 0.1) is 19.8 Å². The molecule has 2 heterocycles. The number of likely N-dealkylation sites (tertiary alicyclic amines) is 1. The lowest BCUT2D eigenvalue weighted by Crippen LogP contribution is -2.46. The number of carbonyl (C=O) groups excluding carboxylic acids is 1. The molecule has 0 aliphatic carbocycles. The van der Waals surface area contributed by atoms with Crippen LogP contribution in [0.25, 0.3) is 0 Å². The number of aryl methyl sites for hydroxylation is 2. The number of benzene rings is 2. The maximum atomic E-state index is 11.7. The molecule has 0 amide bonds. The third-order valence-corrected chi connectivity index (χ3v) is 7.34. The van der Waals surface area contributed by atoms with E-state index in [4.69, 9.17) is 27.9 Å². The molecule has 0 bridgehead atoms. The number of esters is 1. The summed E-state index contributed by atoms with van der Waals surface area (Å²) in [5, 5.41) is 1.43. The number of anilines is 1. The van der Waals surface area contributed by atoms with Crippen LogP contribution in [0.5, 0.6) is 0 Å². The minimum atomic E-state index is -0.0664. The first-order valence-electron chi connectivity index (χ1n) is 11.0. The molecule has 0 unspecified atom stereocenters. The number of ether oxygens (including phenoxy) is 1. The molecule has 4 rings (SSSR count). The molecule has 2 fully saturated rings. The van der Waals surface area contributed by atoms with Gasteiger partial charge in [0.25, 0.3) is 0 Å². The van der Waals surface area contributed by atoms with Crippen molar-refractivity contribution in [2.75, 3.05) is 38.2 Å². The molecule has 0 spiro atoms. The van der Waals surface area contributed by atoms with Crippen molar-refractivity contribution in [3.63, 3.8) is 0 Å². The molecule has 0 N–H and O–H groups in total. The summed E-state index contributed by atoms with van der Waals surface area (Å²) in [6.07, 6.45) is 1.76. The molecule has 0 aromatic heterocycles. The first-order chi connectivity index (χ1) is 14.9. The molecule has 2 saturated heterocycles. The fourth-order valence-corrected chi connectivity index (χ4v) is 5.82. The van der Waals surface area contributed by atoms with E-state index in [-0.39, 0.29) is 11.9 Å². The number of hydrogen-bond donors (Lipinski definition) is 0. The van der Waals surface area contributed by atoms with E-state index in [0.717, 1.165) is 51.3 Å². The Balaban J connectivity index is 1.39. The molecule has 2 aromatic rings. The van der Waals surface area contributed by atoms with Gasteiger partial charge in [-0.15, -0.1) is 0 Å². The summed E-state index contributed by atoms with van der Waals surface area (Å²) in [4.78, 5) is 16.5. The van der Waals surface area contributed by atoms with E-state index in [2.05, 4.69) is 35.8 Å². The molecule has 0 radical (unpaired) electrons. The van der Waals surface area contributed by atoms with Crippen LogP contribution >= 0.6 is 23.2 Å².